The predicted octanol–water partition coefficient (Wildman–Crippen LogP) is 2.51. The van der Waals surface area contributed by atoms with Gasteiger partial charge in [-0.1, -0.05) is 18.9 Å². The maximum absolute atomic E-state index is 4.32. The highest BCUT2D eigenvalue weighted by atomic mass is 15.1. The Hall–Kier alpha value is -0.630. The zero-order valence-corrected chi connectivity index (χ0v) is 8.34. The minimum absolute atomic E-state index is 0.416. The van der Waals surface area contributed by atoms with Crippen molar-refractivity contribution in [1.29, 1.82) is 0 Å². The molecule has 0 bridgehead atoms. The van der Waals surface area contributed by atoms with Crippen molar-refractivity contribution in [2.24, 2.45) is 4.99 Å². The molecule has 1 aliphatic rings. The molecule has 2 nitrogen and oxygen atoms in total. The molecule has 0 aromatic heterocycles. The van der Waals surface area contributed by atoms with E-state index in [0.717, 1.165) is 6.54 Å². The highest BCUT2D eigenvalue weighted by Crippen LogP contribution is 2.09. The fourth-order valence-corrected chi connectivity index (χ4v) is 1.58. The number of nitrogens with zero attached hydrogens (tertiary/aromatic N) is 1. The van der Waals surface area contributed by atoms with Crippen molar-refractivity contribution in [1.82, 2.24) is 5.32 Å². The van der Waals surface area contributed by atoms with Gasteiger partial charge in [0.2, 0.25) is 0 Å². The van der Waals surface area contributed by atoms with Crippen LogP contribution >= 0.6 is 0 Å². The fourth-order valence-electron chi connectivity index (χ4n) is 1.58. The lowest BCUT2D eigenvalue weighted by Crippen LogP contribution is -2.21. The summed E-state index contributed by atoms with van der Waals surface area (Å²) in [5.41, 5.74) is 0. The van der Waals surface area contributed by atoms with E-state index in [2.05, 4.69) is 16.9 Å². The summed E-state index contributed by atoms with van der Waals surface area (Å²) in [5.74, 6) is 0. The van der Waals surface area contributed by atoms with Gasteiger partial charge < -0.3 is 0 Å². The number of rotatable bonds is 7. The third-order valence-corrected chi connectivity index (χ3v) is 2.37. The summed E-state index contributed by atoms with van der Waals surface area (Å²) in [6.07, 6.45) is 12.0. The van der Waals surface area contributed by atoms with Crippen LogP contribution in [0.2, 0.25) is 0 Å². The molecule has 0 aliphatic carbocycles. The molecule has 0 aromatic carbocycles. The van der Waals surface area contributed by atoms with E-state index in [1.54, 1.807) is 0 Å². The van der Waals surface area contributed by atoms with Gasteiger partial charge in [0.05, 0.1) is 6.17 Å². The summed E-state index contributed by atoms with van der Waals surface area (Å²) in [4.78, 5) is 4.32. The van der Waals surface area contributed by atoms with Gasteiger partial charge in [0.15, 0.2) is 0 Å². The van der Waals surface area contributed by atoms with Crippen LogP contribution in [-0.2, 0) is 0 Å². The Balaban J connectivity index is 1.83. The van der Waals surface area contributed by atoms with Crippen molar-refractivity contribution < 1.29 is 0 Å². The zero-order chi connectivity index (χ0) is 9.36. The Morgan fingerprint density at radius 2 is 2.23 bits per heavy atom. The van der Waals surface area contributed by atoms with Gasteiger partial charge in [0.1, 0.15) is 0 Å². The van der Waals surface area contributed by atoms with Crippen molar-refractivity contribution in [2.45, 2.75) is 44.7 Å². The lowest BCUT2D eigenvalue weighted by molar-refractivity contribution is 0.510. The first-order valence-electron chi connectivity index (χ1n) is 5.29. The maximum atomic E-state index is 4.32. The molecule has 0 radical (unpaired) electrons. The van der Waals surface area contributed by atoms with Crippen molar-refractivity contribution >= 4 is 6.21 Å². The third-order valence-electron chi connectivity index (χ3n) is 2.37. The summed E-state index contributed by atoms with van der Waals surface area (Å²) in [6.45, 7) is 4.67. The van der Waals surface area contributed by atoms with Crippen LogP contribution in [0.4, 0.5) is 0 Å². The molecule has 2 heteroatoms. The average molecular weight is 180 g/mol. The number of hydrogen-bond donors (Lipinski definition) is 1. The number of aliphatic imine (C=N–C) groups is 1. The fraction of sp³-hybridized carbons (Fsp3) is 0.727. The monoisotopic (exact) mass is 180 g/mol. The Morgan fingerprint density at radius 1 is 1.38 bits per heavy atom. The lowest BCUT2D eigenvalue weighted by Gasteiger charge is -2.06. The third kappa shape index (κ3) is 4.83. The van der Waals surface area contributed by atoms with E-state index in [9.17, 15) is 0 Å². The number of hydrogen-bond acceptors (Lipinski definition) is 2. The summed E-state index contributed by atoms with van der Waals surface area (Å²) < 4.78 is 0. The molecule has 0 fully saturated rings. The van der Waals surface area contributed by atoms with Crippen LogP contribution in [0.5, 0.6) is 0 Å². The molecule has 1 atom stereocenters. The Bertz CT molecular complexity index is 163. The topological polar surface area (TPSA) is 24.4 Å². The molecule has 0 aromatic rings. The van der Waals surface area contributed by atoms with Crippen molar-refractivity contribution in [3.63, 3.8) is 0 Å². The van der Waals surface area contributed by atoms with E-state index in [0.29, 0.717) is 6.17 Å². The van der Waals surface area contributed by atoms with Gasteiger partial charge in [0.25, 0.3) is 0 Å². The molecular formula is C11H20N2. The molecule has 1 N–H and O–H groups in total. The second-order valence-corrected chi connectivity index (χ2v) is 3.54. The summed E-state index contributed by atoms with van der Waals surface area (Å²) in [7, 11) is 0. The van der Waals surface area contributed by atoms with Crippen LogP contribution in [0.1, 0.15) is 38.5 Å². The van der Waals surface area contributed by atoms with Gasteiger partial charge in [-0.05, 0) is 25.7 Å². The standard InChI is InChI=1S/C11H20N2/c1-2-3-4-5-6-7-8-11-12-9-10-13-11/h2,9,11,13H,1,3-8,10H2. The van der Waals surface area contributed by atoms with Crippen LogP contribution in [0, 0.1) is 0 Å². The van der Waals surface area contributed by atoms with Crippen molar-refractivity contribution in [3.05, 3.63) is 12.7 Å². The van der Waals surface area contributed by atoms with E-state index in [1.807, 2.05) is 12.3 Å². The number of allylic oxidation sites excluding steroid dienone is 1. The predicted molar refractivity (Wildman–Crippen MR) is 58.2 cm³/mol. The second kappa shape index (κ2) is 6.84. The van der Waals surface area contributed by atoms with Crippen molar-refractivity contribution in [2.75, 3.05) is 6.54 Å². The zero-order valence-electron chi connectivity index (χ0n) is 8.34. The van der Waals surface area contributed by atoms with E-state index < -0.39 is 0 Å². The molecule has 1 rings (SSSR count). The molecule has 13 heavy (non-hydrogen) atoms. The number of unbranched alkanes of at least 4 members (excludes halogenated alkanes) is 4. The van der Waals surface area contributed by atoms with Crippen LogP contribution in [0.15, 0.2) is 17.6 Å². The quantitative estimate of drug-likeness (QED) is 0.472. The second-order valence-electron chi connectivity index (χ2n) is 3.54. The first-order valence-corrected chi connectivity index (χ1v) is 5.29. The molecule has 74 valence electrons. The summed E-state index contributed by atoms with van der Waals surface area (Å²) in [6, 6.07) is 0. The van der Waals surface area contributed by atoms with E-state index in [-0.39, 0.29) is 0 Å². The largest absolute Gasteiger partial charge is 0.291 e. The molecule has 1 unspecified atom stereocenters. The normalized spacial score (nSPS) is 20.8. The molecule has 0 spiro atoms. The first-order chi connectivity index (χ1) is 6.43. The summed E-state index contributed by atoms with van der Waals surface area (Å²) >= 11 is 0. The van der Waals surface area contributed by atoms with E-state index >= 15 is 0 Å². The Kier molecular flexibility index (Phi) is 5.50. The van der Waals surface area contributed by atoms with Crippen LogP contribution in [-0.4, -0.2) is 18.9 Å². The highest BCUT2D eigenvalue weighted by molar-refractivity contribution is 5.61. The average Bonchev–Trinajstić information content (AvgIpc) is 2.63. The molecule has 0 amide bonds. The number of nitrogens with one attached hydrogen (secondary N) is 1. The van der Waals surface area contributed by atoms with Crippen LogP contribution in [0.25, 0.3) is 0 Å². The molecule has 1 heterocycles. The molecule has 0 saturated carbocycles. The van der Waals surface area contributed by atoms with Gasteiger partial charge in [-0.2, -0.15) is 0 Å². The van der Waals surface area contributed by atoms with Gasteiger partial charge >= 0.3 is 0 Å². The van der Waals surface area contributed by atoms with E-state index in [1.165, 1.54) is 38.5 Å². The van der Waals surface area contributed by atoms with Crippen LogP contribution in [0.3, 0.4) is 0 Å². The Labute approximate surface area is 81.1 Å². The van der Waals surface area contributed by atoms with Gasteiger partial charge in [-0.3, -0.25) is 10.3 Å². The molecule has 0 saturated heterocycles. The lowest BCUT2D eigenvalue weighted by atomic mass is 10.1. The molecular weight excluding hydrogens is 160 g/mol. The Morgan fingerprint density at radius 3 is 2.92 bits per heavy atom. The van der Waals surface area contributed by atoms with Crippen LogP contribution < -0.4 is 5.32 Å². The minimum Gasteiger partial charge on any atom is -0.291 e. The highest BCUT2D eigenvalue weighted by Gasteiger charge is 2.07. The smallest absolute Gasteiger partial charge is 0.0993 e. The maximum Gasteiger partial charge on any atom is 0.0993 e. The van der Waals surface area contributed by atoms with Gasteiger partial charge in [0, 0.05) is 12.8 Å². The van der Waals surface area contributed by atoms with E-state index in [4.69, 9.17) is 0 Å². The van der Waals surface area contributed by atoms with Crippen molar-refractivity contribution in [3.8, 4) is 0 Å². The first kappa shape index (κ1) is 10.5. The summed E-state index contributed by atoms with van der Waals surface area (Å²) in [5, 5.41) is 3.32. The van der Waals surface area contributed by atoms with Gasteiger partial charge in [-0.25, -0.2) is 0 Å². The SMILES string of the molecule is C=CCCCCCCC1N=CCN1. The minimum atomic E-state index is 0.416. The van der Waals surface area contributed by atoms with Gasteiger partial charge in [-0.15, -0.1) is 6.58 Å². The molecule has 1 aliphatic heterocycles.